The number of aryl methyl sites for hydroxylation is 1. The number of hydrogen-bond acceptors (Lipinski definition) is 4. The molecule has 2 aromatic rings. The maximum atomic E-state index is 4.72. The van der Waals surface area contributed by atoms with Gasteiger partial charge in [-0.05, 0) is 25.5 Å². The zero-order valence-corrected chi connectivity index (χ0v) is 12.2. The third-order valence-electron chi connectivity index (χ3n) is 3.21. The van der Waals surface area contributed by atoms with Crippen molar-refractivity contribution < 1.29 is 0 Å². The lowest BCUT2D eigenvalue weighted by atomic mass is 10.0. The van der Waals surface area contributed by atoms with Gasteiger partial charge in [-0.1, -0.05) is 13.8 Å². The molecule has 4 nitrogen and oxygen atoms in total. The van der Waals surface area contributed by atoms with Crippen molar-refractivity contribution in [2.75, 3.05) is 12.4 Å². The Balaban J connectivity index is 2.69. The molecule has 2 rings (SSSR count). The van der Waals surface area contributed by atoms with Gasteiger partial charge in [0.25, 0.3) is 0 Å². The van der Waals surface area contributed by atoms with Crippen molar-refractivity contribution >= 4 is 5.82 Å². The Morgan fingerprint density at radius 3 is 2.47 bits per heavy atom. The molecule has 0 aliphatic carbocycles. The van der Waals surface area contributed by atoms with E-state index >= 15 is 0 Å². The average molecular weight is 256 g/mol. The fourth-order valence-electron chi connectivity index (χ4n) is 2.01. The Labute approximate surface area is 114 Å². The topological polar surface area (TPSA) is 50.7 Å². The molecule has 0 bridgehead atoms. The molecule has 0 saturated carbocycles. The Morgan fingerprint density at radius 1 is 1.16 bits per heavy atom. The number of rotatable bonds is 3. The minimum atomic E-state index is 0.295. The van der Waals surface area contributed by atoms with Gasteiger partial charge < -0.3 is 5.32 Å². The van der Waals surface area contributed by atoms with Crippen LogP contribution in [0.15, 0.2) is 18.5 Å². The number of pyridine rings is 1. The zero-order valence-electron chi connectivity index (χ0n) is 12.2. The molecule has 19 heavy (non-hydrogen) atoms. The number of anilines is 1. The summed E-state index contributed by atoms with van der Waals surface area (Å²) in [5.74, 6) is 2.04. The molecule has 2 aromatic heterocycles. The third kappa shape index (κ3) is 2.57. The normalized spacial score (nSPS) is 10.8. The average Bonchev–Trinajstić information content (AvgIpc) is 2.39. The lowest BCUT2D eigenvalue weighted by Crippen LogP contribution is -2.07. The smallest absolute Gasteiger partial charge is 0.133 e. The summed E-state index contributed by atoms with van der Waals surface area (Å²) in [6.45, 7) is 8.32. The SMILES string of the molecule is CNc1nc(C(C)C)nc(-c2cnccc2C)c1C. The highest BCUT2D eigenvalue weighted by molar-refractivity contribution is 5.70. The Hall–Kier alpha value is -1.97. The molecule has 0 atom stereocenters. The van der Waals surface area contributed by atoms with Crippen LogP contribution >= 0.6 is 0 Å². The van der Waals surface area contributed by atoms with Crippen molar-refractivity contribution in [3.8, 4) is 11.3 Å². The van der Waals surface area contributed by atoms with Gasteiger partial charge in [-0.25, -0.2) is 9.97 Å². The van der Waals surface area contributed by atoms with Crippen LogP contribution in [0, 0.1) is 13.8 Å². The third-order valence-corrected chi connectivity index (χ3v) is 3.21. The maximum absolute atomic E-state index is 4.72. The van der Waals surface area contributed by atoms with Crippen molar-refractivity contribution in [2.24, 2.45) is 0 Å². The highest BCUT2D eigenvalue weighted by Gasteiger charge is 2.15. The Bertz CT molecular complexity index is 591. The van der Waals surface area contributed by atoms with Gasteiger partial charge in [0, 0.05) is 36.5 Å². The van der Waals surface area contributed by atoms with E-state index in [0.717, 1.165) is 28.5 Å². The largest absolute Gasteiger partial charge is 0.373 e. The standard InChI is InChI=1S/C15H20N4/c1-9(2)14-18-13(11(4)15(16-5)19-14)12-8-17-7-6-10(12)3/h6-9H,1-5H3,(H,16,18,19). The lowest BCUT2D eigenvalue weighted by Gasteiger charge is -2.15. The molecule has 0 fully saturated rings. The molecule has 100 valence electrons. The Kier molecular flexibility index (Phi) is 3.79. The molecule has 0 aromatic carbocycles. The zero-order chi connectivity index (χ0) is 14.0. The van der Waals surface area contributed by atoms with Gasteiger partial charge in [0.15, 0.2) is 0 Å². The molecule has 1 N–H and O–H groups in total. The van der Waals surface area contributed by atoms with Crippen LogP contribution in [0.2, 0.25) is 0 Å². The van der Waals surface area contributed by atoms with E-state index in [1.807, 2.05) is 26.2 Å². The van der Waals surface area contributed by atoms with E-state index in [1.54, 1.807) is 6.20 Å². The Morgan fingerprint density at radius 2 is 1.89 bits per heavy atom. The lowest BCUT2D eigenvalue weighted by molar-refractivity contribution is 0.775. The summed E-state index contributed by atoms with van der Waals surface area (Å²) in [6.07, 6.45) is 3.67. The van der Waals surface area contributed by atoms with Crippen molar-refractivity contribution in [3.63, 3.8) is 0 Å². The second kappa shape index (κ2) is 5.34. The minimum absolute atomic E-state index is 0.295. The summed E-state index contributed by atoms with van der Waals surface area (Å²) in [5.41, 5.74) is 4.27. The molecule has 0 aliphatic heterocycles. The summed E-state index contributed by atoms with van der Waals surface area (Å²) >= 11 is 0. The van der Waals surface area contributed by atoms with E-state index in [-0.39, 0.29) is 0 Å². The first-order valence-corrected chi connectivity index (χ1v) is 6.51. The van der Waals surface area contributed by atoms with Gasteiger partial charge >= 0.3 is 0 Å². The van der Waals surface area contributed by atoms with E-state index in [1.165, 1.54) is 5.56 Å². The van der Waals surface area contributed by atoms with Crippen molar-refractivity contribution in [2.45, 2.75) is 33.6 Å². The molecule has 4 heteroatoms. The number of aromatic nitrogens is 3. The van der Waals surface area contributed by atoms with Gasteiger partial charge in [0.2, 0.25) is 0 Å². The monoisotopic (exact) mass is 256 g/mol. The number of nitrogens with zero attached hydrogens (tertiary/aromatic N) is 3. The maximum Gasteiger partial charge on any atom is 0.133 e. The van der Waals surface area contributed by atoms with Crippen molar-refractivity contribution in [1.82, 2.24) is 15.0 Å². The van der Waals surface area contributed by atoms with Crippen molar-refractivity contribution in [3.05, 3.63) is 35.4 Å². The molecule has 0 amide bonds. The highest BCUT2D eigenvalue weighted by Crippen LogP contribution is 2.28. The molecule has 2 heterocycles. The summed E-state index contributed by atoms with van der Waals surface area (Å²) in [5, 5.41) is 3.15. The van der Waals surface area contributed by atoms with Crippen LogP contribution in [0.1, 0.15) is 36.7 Å². The highest BCUT2D eigenvalue weighted by atomic mass is 15.0. The first-order valence-electron chi connectivity index (χ1n) is 6.51. The van der Waals surface area contributed by atoms with Gasteiger partial charge in [-0.3, -0.25) is 4.98 Å². The van der Waals surface area contributed by atoms with E-state index in [2.05, 4.69) is 36.1 Å². The summed E-state index contributed by atoms with van der Waals surface area (Å²) in [7, 11) is 1.89. The van der Waals surface area contributed by atoms with Crippen LogP contribution < -0.4 is 5.32 Å². The predicted molar refractivity (Wildman–Crippen MR) is 78.4 cm³/mol. The number of nitrogens with one attached hydrogen (secondary N) is 1. The molecular weight excluding hydrogens is 236 g/mol. The van der Waals surface area contributed by atoms with E-state index in [4.69, 9.17) is 4.98 Å². The van der Waals surface area contributed by atoms with Crippen LogP contribution in [0.5, 0.6) is 0 Å². The number of hydrogen-bond donors (Lipinski definition) is 1. The van der Waals surface area contributed by atoms with Crippen LogP contribution in [0.3, 0.4) is 0 Å². The van der Waals surface area contributed by atoms with Gasteiger partial charge in [-0.15, -0.1) is 0 Å². The van der Waals surface area contributed by atoms with E-state index in [9.17, 15) is 0 Å². The van der Waals surface area contributed by atoms with Gasteiger partial charge in [0.1, 0.15) is 11.6 Å². The summed E-state index contributed by atoms with van der Waals surface area (Å²) in [4.78, 5) is 13.5. The molecule has 0 aliphatic rings. The molecule has 0 saturated heterocycles. The van der Waals surface area contributed by atoms with Crippen LogP contribution in [0.25, 0.3) is 11.3 Å². The second-order valence-corrected chi connectivity index (χ2v) is 5.00. The predicted octanol–water partition coefficient (Wildman–Crippen LogP) is 3.32. The van der Waals surface area contributed by atoms with Crippen LogP contribution in [-0.4, -0.2) is 22.0 Å². The van der Waals surface area contributed by atoms with E-state index < -0.39 is 0 Å². The van der Waals surface area contributed by atoms with Crippen LogP contribution in [0.4, 0.5) is 5.82 Å². The molecule has 0 spiro atoms. The van der Waals surface area contributed by atoms with Crippen molar-refractivity contribution in [1.29, 1.82) is 0 Å². The van der Waals surface area contributed by atoms with E-state index in [0.29, 0.717) is 5.92 Å². The quantitative estimate of drug-likeness (QED) is 0.915. The molecule has 0 unspecified atom stereocenters. The fraction of sp³-hybridized carbons (Fsp3) is 0.400. The minimum Gasteiger partial charge on any atom is -0.373 e. The first kappa shape index (κ1) is 13.5. The molecular formula is C15H20N4. The van der Waals surface area contributed by atoms with Gasteiger partial charge in [0.05, 0.1) is 5.69 Å². The summed E-state index contributed by atoms with van der Waals surface area (Å²) < 4.78 is 0. The van der Waals surface area contributed by atoms with Crippen LogP contribution in [-0.2, 0) is 0 Å². The fourth-order valence-corrected chi connectivity index (χ4v) is 2.01. The second-order valence-electron chi connectivity index (χ2n) is 5.00. The van der Waals surface area contributed by atoms with Gasteiger partial charge in [-0.2, -0.15) is 0 Å². The summed E-state index contributed by atoms with van der Waals surface area (Å²) in [6, 6.07) is 2.00. The molecule has 0 radical (unpaired) electrons. The first-order chi connectivity index (χ1) is 9.04.